The average Bonchev–Trinajstić information content (AvgIpc) is 2.83. The van der Waals surface area contributed by atoms with E-state index in [-0.39, 0.29) is 10.8 Å². The third-order valence-electron chi connectivity index (χ3n) is 2.05. The molecule has 0 radical (unpaired) electrons. The van der Waals surface area contributed by atoms with Crippen LogP contribution in [0.3, 0.4) is 0 Å². The zero-order valence-electron chi connectivity index (χ0n) is 9.05. The number of halogens is 2. The smallest absolute Gasteiger partial charge is 0.146 e. The Bertz CT molecular complexity index is 592. The van der Waals surface area contributed by atoms with Crippen LogP contribution in [0.25, 0.3) is 0 Å². The Morgan fingerprint density at radius 1 is 1.17 bits per heavy atom. The highest BCUT2D eigenvalue weighted by molar-refractivity contribution is 6.36. The Hall–Kier alpha value is -1.78. The van der Waals surface area contributed by atoms with Crippen LogP contribution in [-0.2, 0) is 0 Å². The fraction of sp³-hybridized carbons (Fsp3) is 0. The number of aromatic hydroxyl groups is 1. The summed E-state index contributed by atoms with van der Waals surface area (Å²) in [6, 6.07) is 6.47. The maximum atomic E-state index is 9.65. The Labute approximate surface area is 113 Å². The van der Waals surface area contributed by atoms with E-state index in [1.54, 1.807) is 12.1 Å². The van der Waals surface area contributed by atoms with Gasteiger partial charge in [0, 0.05) is 10.6 Å². The number of nitrogens with zero attached hydrogens (tertiary/aromatic N) is 2. The van der Waals surface area contributed by atoms with Crippen LogP contribution >= 0.6 is 23.2 Å². The molecule has 0 saturated heterocycles. The van der Waals surface area contributed by atoms with Gasteiger partial charge in [-0.3, -0.25) is 0 Å². The van der Waals surface area contributed by atoms with Crippen molar-refractivity contribution in [1.82, 2.24) is 0 Å². The lowest BCUT2D eigenvalue weighted by Crippen LogP contribution is -1.84. The summed E-state index contributed by atoms with van der Waals surface area (Å²) in [6.45, 7) is 0. The molecule has 0 amide bonds. The molecule has 0 spiro atoms. The highest BCUT2D eigenvalue weighted by Gasteiger charge is 2.05. The van der Waals surface area contributed by atoms with Crippen LogP contribution in [0.15, 0.2) is 45.1 Å². The van der Waals surface area contributed by atoms with E-state index in [4.69, 9.17) is 27.6 Å². The number of hydrogen-bond acceptors (Lipinski definition) is 4. The predicted molar refractivity (Wildman–Crippen MR) is 72.0 cm³/mol. The van der Waals surface area contributed by atoms with Gasteiger partial charge < -0.3 is 9.52 Å². The number of benzene rings is 1. The fourth-order valence-electron chi connectivity index (χ4n) is 1.23. The van der Waals surface area contributed by atoms with E-state index < -0.39 is 0 Å². The first-order valence-corrected chi connectivity index (χ1v) is 5.70. The Kier molecular flexibility index (Phi) is 4.02. The maximum absolute atomic E-state index is 9.65. The molecule has 2 aromatic rings. The van der Waals surface area contributed by atoms with Crippen LogP contribution in [0.4, 0.5) is 0 Å². The normalized spacial score (nSPS) is 11.7. The van der Waals surface area contributed by atoms with Gasteiger partial charge in [0.2, 0.25) is 0 Å². The Morgan fingerprint density at radius 2 is 1.94 bits per heavy atom. The van der Waals surface area contributed by atoms with Crippen LogP contribution in [0.2, 0.25) is 10.0 Å². The molecule has 0 unspecified atom stereocenters. The van der Waals surface area contributed by atoms with Crippen LogP contribution in [0.1, 0.15) is 11.3 Å². The van der Waals surface area contributed by atoms with Crippen molar-refractivity contribution in [3.8, 4) is 5.75 Å². The van der Waals surface area contributed by atoms with Gasteiger partial charge in [0.15, 0.2) is 0 Å². The molecule has 4 nitrogen and oxygen atoms in total. The summed E-state index contributed by atoms with van der Waals surface area (Å²) in [5.41, 5.74) is 0.393. The van der Waals surface area contributed by atoms with Gasteiger partial charge in [0.25, 0.3) is 0 Å². The van der Waals surface area contributed by atoms with Crippen molar-refractivity contribution in [3.63, 3.8) is 0 Å². The van der Waals surface area contributed by atoms with Gasteiger partial charge in [-0.2, -0.15) is 10.2 Å². The zero-order chi connectivity index (χ0) is 13.0. The molecular weight excluding hydrogens is 275 g/mol. The molecule has 0 aliphatic carbocycles. The highest BCUT2D eigenvalue weighted by Crippen LogP contribution is 2.29. The highest BCUT2D eigenvalue weighted by atomic mass is 35.5. The monoisotopic (exact) mass is 282 g/mol. The van der Waals surface area contributed by atoms with Crippen molar-refractivity contribution < 1.29 is 9.52 Å². The van der Waals surface area contributed by atoms with E-state index in [0.717, 1.165) is 0 Å². The fourth-order valence-corrected chi connectivity index (χ4v) is 1.74. The first-order valence-electron chi connectivity index (χ1n) is 4.95. The summed E-state index contributed by atoms with van der Waals surface area (Å²) >= 11 is 11.6. The molecule has 0 atom stereocenters. The molecule has 92 valence electrons. The van der Waals surface area contributed by atoms with E-state index in [9.17, 15) is 5.11 Å². The molecular formula is C12H8Cl2N2O2. The second kappa shape index (κ2) is 5.71. The third kappa shape index (κ3) is 3.12. The molecule has 0 bridgehead atoms. The molecule has 1 aromatic carbocycles. The summed E-state index contributed by atoms with van der Waals surface area (Å²) < 4.78 is 5.03. The Balaban J connectivity index is 2.14. The summed E-state index contributed by atoms with van der Waals surface area (Å²) in [6.07, 6.45) is 4.33. The molecule has 1 aromatic heterocycles. The van der Waals surface area contributed by atoms with Crippen LogP contribution in [-0.4, -0.2) is 17.5 Å². The molecule has 0 fully saturated rings. The number of rotatable bonds is 3. The van der Waals surface area contributed by atoms with Crippen LogP contribution < -0.4 is 0 Å². The minimum Gasteiger partial charge on any atom is -0.506 e. The lowest BCUT2D eigenvalue weighted by molar-refractivity contribution is 0.475. The van der Waals surface area contributed by atoms with E-state index in [2.05, 4.69) is 10.2 Å². The second-order valence-corrected chi connectivity index (χ2v) is 4.17. The molecule has 0 aliphatic rings. The third-order valence-corrected chi connectivity index (χ3v) is 2.56. The van der Waals surface area contributed by atoms with E-state index >= 15 is 0 Å². The van der Waals surface area contributed by atoms with Gasteiger partial charge in [0.1, 0.15) is 11.5 Å². The van der Waals surface area contributed by atoms with Crippen molar-refractivity contribution in [3.05, 3.63) is 51.9 Å². The van der Waals surface area contributed by atoms with Gasteiger partial charge >= 0.3 is 0 Å². The summed E-state index contributed by atoms with van der Waals surface area (Å²) in [5.74, 6) is 0.499. The van der Waals surface area contributed by atoms with Gasteiger partial charge in [-0.05, 0) is 24.3 Å². The molecule has 1 heterocycles. The molecule has 0 saturated carbocycles. The van der Waals surface area contributed by atoms with Crippen LogP contribution in [0, 0.1) is 0 Å². The second-order valence-electron chi connectivity index (χ2n) is 3.33. The average molecular weight is 283 g/mol. The summed E-state index contributed by atoms with van der Waals surface area (Å²) in [7, 11) is 0. The first-order chi connectivity index (χ1) is 8.66. The summed E-state index contributed by atoms with van der Waals surface area (Å²) in [5, 5.41) is 17.8. The lowest BCUT2D eigenvalue weighted by Gasteiger charge is -2.01. The largest absolute Gasteiger partial charge is 0.506 e. The number of phenols is 1. The molecule has 18 heavy (non-hydrogen) atoms. The number of furan rings is 1. The predicted octanol–water partition coefficient (Wildman–Crippen LogP) is 3.75. The van der Waals surface area contributed by atoms with Crippen molar-refractivity contribution in [2.24, 2.45) is 10.2 Å². The van der Waals surface area contributed by atoms with Crippen molar-refractivity contribution in [2.75, 3.05) is 0 Å². The molecule has 1 N–H and O–H groups in total. The van der Waals surface area contributed by atoms with E-state index in [0.29, 0.717) is 16.3 Å². The van der Waals surface area contributed by atoms with Gasteiger partial charge in [0.05, 0.1) is 23.7 Å². The minimum atomic E-state index is -0.0852. The molecule has 6 heteroatoms. The van der Waals surface area contributed by atoms with Gasteiger partial charge in [-0.15, -0.1) is 0 Å². The van der Waals surface area contributed by atoms with E-state index in [1.807, 2.05) is 0 Å². The van der Waals surface area contributed by atoms with Crippen molar-refractivity contribution in [1.29, 1.82) is 0 Å². The lowest BCUT2D eigenvalue weighted by atomic mass is 10.2. The van der Waals surface area contributed by atoms with Gasteiger partial charge in [-0.1, -0.05) is 23.2 Å². The number of hydrogen-bond donors (Lipinski definition) is 1. The topological polar surface area (TPSA) is 58.1 Å². The van der Waals surface area contributed by atoms with Gasteiger partial charge in [-0.25, -0.2) is 0 Å². The first kappa shape index (κ1) is 12.7. The molecule has 0 aliphatic heterocycles. The molecule has 2 rings (SSSR count). The minimum absolute atomic E-state index is 0.0852. The zero-order valence-corrected chi connectivity index (χ0v) is 10.6. The maximum Gasteiger partial charge on any atom is 0.146 e. The summed E-state index contributed by atoms with van der Waals surface area (Å²) in [4.78, 5) is 0. The van der Waals surface area contributed by atoms with E-state index in [1.165, 1.54) is 30.8 Å². The van der Waals surface area contributed by atoms with Crippen molar-refractivity contribution >= 4 is 35.6 Å². The van der Waals surface area contributed by atoms with Crippen LogP contribution in [0.5, 0.6) is 5.75 Å². The quantitative estimate of drug-likeness (QED) is 0.689. The SMILES string of the molecule is Oc1c(Cl)cc(Cl)cc1/C=N/N=C/c1ccco1. The standard InChI is InChI=1S/C12H8Cl2N2O2/c13-9-4-8(12(17)11(14)5-9)6-15-16-7-10-2-1-3-18-10/h1-7,17H/b15-6+,16-7+. The Morgan fingerprint density at radius 3 is 2.67 bits per heavy atom. The number of phenolic OH excluding ortho intramolecular Hbond substituents is 1. The van der Waals surface area contributed by atoms with Crippen molar-refractivity contribution in [2.45, 2.75) is 0 Å².